The molecule has 0 radical (unpaired) electrons. The number of esters is 1. The molecule has 0 aliphatic carbocycles. The lowest BCUT2D eigenvalue weighted by molar-refractivity contribution is -0.158. The first-order chi connectivity index (χ1) is 10.0. The molecule has 5 heteroatoms. The van der Waals surface area contributed by atoms with Crippen molar-refractivity contribution in [2.24, 2.45) is 0 Å². The Morgan fingerprint density at radius 3 is 2.81 bits per heavy atom. The molecule has 1 heterocycles. The fraction of sp³-hybridized carbons (Fsp3) is 0.500. The maximum atomic E-state index is 12.1. The van der Waals surface area contributed by atoms with Crippen LogP contribution >= 0.6 is 0 Å². The van der Waals surface area contributed by atoms with E-state index < -0.39 is 6.04 Å². The van der Waals surface area contributed by atoms with Crippen LogP contribution in [0.5, 0.6) is 0 Å². The Labute approximate surface area is 125 Å². The number of nitrogens with zero attached hydrogens (tertiary/aromatic N) is 1. The van der Waals surface area contributed by atoms with Crippen LogP contribution in [-0.4, -0.2) is 42.5 Å². The quantitative estimate of drug-likeness (QED) is 0.860. The van der Waals surface area contributed by atoms with Gasteiger partial charge in [-0.25, -0.2) is 0 Å². The molecule has 1 aliphatic rings. The molecular formula is C16H22N2O3. The number of carbonyl (C=O) groups is 2. The first kappa shape index (κ1) is 15.5. The lowest BCUT2D eigenvalue weighted by Gasteiger charge is -2.32. The van der Waals surface area contributed by atoms with E-state index in [1.165, 1.54) is 5.56 Å². The zero-order valence-electron chi connectivity index (χ0n) is 12.8. The first-order valence-electron chi connectivity index (χ1n) is 7.29. The van der Waals surface area contributed by atoms with Crippen molar-refractivity contribution in [3.8, 4) is 0 Å². The largest absolute Gasteiger partial charge is 0.463 e. The number of morpholine rings is 1. The second kappa shape index (κ2) is 6.72. The van der Waals surface area contributed by atoms with Crippen LogP contribution in [0.4, 0.5) is 5.69 Å². The molecule has 1 fully saturated rings. The summed E-state index contributed by atoms with van der Waals surface area (Å²) in [6, 6.07) is 5.30. The number of amides is 1. The van der Waals surface area contributed by atoms with Crippen molar-refractivity contribution < 1.29 is 14.3 Å². The van der Waals surface area contributed by atoms with E-state index in [0.717, 1.165) is 17.8 Å². The molecule has 0 bridgehead atoms. The van der Waals surface area contributed by atoms with Crippen LogP contribution in [0.15, 0.2) is 18.2 Å². The monoisotopic (exact) mass is 290 g/mol. The number of cyclic esters (lactones) is 1. The van der Waals surface area contributed by atoms with E-state index in [1.54, 1.807) is 0 Å². The van der Waals surface area contributed by atoms with Crippen molar-refractivity contribution in [2.75, 3.05) is 25.0 Å². The van der Waals surface area contributed by atoms with Gasteiger partial charge in [-0.1, -0.05) is 13.0 Å². The summed E-state index contributed by atoms with van der Waals surface area (Å²) >= 11 is 0. The molecule has 21 heavy (non-hydrogen) atoms. The Morgan fingerprint density at radius 2 is 2.14 bits per heavy atom. The number of nitrogens with one attached hydrogen (secondary N) is 1. The number of hydrogen-bond acceptors (Lipinski definition) is 4. The van der Waals surface area contributed by atoms with Crippen LogP contribution in [0.25, 0.3) is 0 Å². The van der Waals surface area contributed by atoms with Gasteiger partial charge in [-0.15, -0.1) is 0 Å². The van der Waals surface area contributed by atoms with Crippen molar-refractivity contribution in [3.63, 3.8) is 0 Å². The maximum Gasteiger partial charge on any atom is 0.323 e. The van der Waals surface area contributed by atoms with E-state index in [9.17, 15) is 9.59 Å². The van der Waals surface area contributed by atoms with Gasteiger partial charge >= 0.3 is 5.97 Å². The van der Waals surface area contributed by atoms with Crippen LogP contribution in [0, 0.1) is 13.8 Å². The number of benzene rings is 1. The van der Waals surface area contributed by atoms with Crippen molar-refractivity contribution in [1.82, 2.24) is 4.90 Å². The predicted molar refractivity (Wildman–Crippen MR) is 81.2 cm³/mol. The number of aryl methyl sites for hydroxylation is 2. The Kier molecular flexibility index (Phi) is 4.96. The molecule has 2 rings (SSSR count). The molecule has 1 atom stereocenters. The third-order valence-electron chi connectivity index (χ3n) is 3.91. The van der Waals surface area contributed by atoms with E-state index in [-0.39, 0.29) is 18.3 Å². The fourth-order valence-electron chi connectivity index (χ4n) is 2.46. The molecule has 1 saturated heterocycles. The molecular weight excluding hydrogens is 268 g/mol. The topological polar surface area (TPSA) is 58.6 Å². The molecule has 1 N–H and O–H groups in total. The molecule has 114 valence electrons. The molecule has 1 unspecified atom stereocenters. The van der Waals surface area contributed by atoms with Gasteiger partial charge in [0.05, 0.1) is 6.42 Å². The van der Waals surface area contributed by atoms with Gasteiger partial charge in [0.15, 0.2) is 0 Å². The van der Waals surface area contributed by atoms with Crippen molar-refractivity contribution in [1.29, 1.82) is 0 Å². The molecule has 5 nitrogen and oxygen atoms in total. The number of ether oxygens (including phenoxy) is 1. The minimum Gasteiger partial charge on any atom is -0.463 e. The minimum absolute atomic E-state index is 0.125. The average molecular weight is 290 g/mol. The number of rotatable bonds is 4. The predicted octanol–water partition coefficient (Wildman–Crippen LogP) is 1.88. The third-order valence-corrected chi connectivity index (χ3v) is 3.91. The van der Waals surface area contributed by atoms with Crippen molar-refractivity contribution in [2.45, 2.75) is 33.2 Å². The zero-order valence-corrected chi connectivity index (χ0v) is 12.8. The van der Waals surface area contributed by atoms with Gasteiger partial charge in [0, 0.05) is 12.2 Å². The summed E-state index contributed by atoms with van der Waals surface area (Å²) in [6.45, 7) is 7.83. The van der Waals surface area contributed by atoms with Crippen LogP contribution in [0.2, 0.25) is 0 Å². The summed E-state index contributed by atoms with van der Waals surface area (Å²) in [5.41, 5.74) is 3.07. The zero-order chi connectivity index (χ0) is 15.4. The normalized spacial score (nSPS) is 19.2. The lowest BCUT2D eigenvalue weighted by atomic mass is 10.1. The maximum absolute atomic E-state index is 12.1. The molecule has 1 amide bonds. The summed E-state index contributed by atoms with van der Waals surface area (Å²) in [4.78, 5) is 25.9. The highest BCUT2D eigenvalue weighted by Gasteiger charge is 2.32. The lowest BCUT2D eigenvalue weighted by Crippen LogP contribution is -2.50. The van der Waals surface area contributed by atoms with Crippen LogP contribution in [0.1, 0.15) is 24.5 Å². The summed E-state index contributed by atoms with van der Waals surface area (Å²) in [7, 11) is 0. The Morgan fingerprint density at radius 1 is 1.38 bits per heavy atom. The Hall–Kier alpha value is -1.88. The highest BCUT2D eigenvalue weighted by molar-refractivity contribution is 5.94. The van der Waals surface area contributed by atoms with Gasteiger partial charge in [0.25, 0.3) is 0 Å². The van der Waals surface area contributed by atoms with Gasteiger partial charge in [-0.3, -0.25) is 14.5 Å². The molecule has 0 spiro atoms. The standard InChI is InChI=1S/C16H22N2O3/c1-4-18-7-8-21-16(20)14(18)10-15(19)17-13-6-5-11(2)12(3)9-13/h5-6,9,14H,4,7-8,10H2,1-3H3,(H,17,19). The number of likely N-dealkylation sites (N-methyl/N-ethyl adjacent to an activating group) is 1. The van der Waals surface area contributed by atoms with Crippen LogP contribution < -0.4 is 5.32 Å². The molecule has 0 aromatic heterocycles. The summed E-state index contributed by atoms with van der Waals surface area (Å²) in [5, 5.41) is 2.85. The minimum atomic E-state index is -0.477. The summed E-state index contributed by atoms with van der Waals surface area (Å²) in [6.07, 6.45) is 0.125. The number of hydrogen-bond donors (Lipinski definition) is 1. The van der Waals surface area contributed by atoms with E-state index in [4.69, 9.17) is 4.74 Å². The van der Waals surface area contributed by atoms with Crippen molar-refractivity contribution >= 4 is 17.6 Å². The Balaban J connectivity index is 1.99. The molecule has 1 aliphatic heterocycles. The SMILES string of the molecule is CCN1CCOC(=O)C1CC(=O)Nc1ccc(C)c(C)c1. The molecule has 0 saturated carbocycles. The van der Waals surface area contributed by atoms with Gasteiger partial charge < -0.3 is 10.1 Å². The van der Waals surface area contributed by atoms with E-state index in [2.05, 4.69) is 5.32 Å². The molecule has 1 aromatic rings. The van der Waals surface area contributed by atoms with Crippen LogP contribution in [-0.2, 0) is 14.3 Å². The van der Waals surface area contributed by atoms with Crippen LogP contribution in [0.3, 0.4) is 0 Å². The first-order valence-corrected chi connectivity index (χ1v) is 7.29. The highest BCUT2D eigenvalue weighted by atomic mass is 16.5. The summed E-state index contributed by atoms with van der Waals surface area (Å²) in [5.74, 6) is -0.473. The van der Waals surface area contributed by atoms with E-state index in [0.29, 0.717) is 13.2 Å². The highest BCUT2D eigenvalue weighted by Crippen LogP contribution is 2.16. The van der Waals surface area contributed by atoms with Gasteiger partial charge in [0.1, 0.15) is 12.6 Å². The van der Waals surface area contributed by atoms with Gasteiger partial charge in [0.2, 0.25) is 5.91 Å². The second-order valence-electron chi connectivity index (χ2n) is 5.36. The van der Waals surface area contributed by atoms with Crippen molar-refractivity contribution in [3.05, 3.63) is 29.3 Å². The fourth-order valence-corrected chi connectivity index (χ4v) is 2.46. The smallest absolute Gasteiger partial charge is 0.323 e. The number of carbonyl (C=O) groups excluding carboxylic acids is 2. The second-order valence-corrected chi connectivity index (χ2v) is 5.36. The average Bonchev–Trinajstić information content (AvgIpc) is 2.45. The Bertz CT molecular complexity index is 542. The molecule has 1 aromatic carbocycles. The van der Waals surface area contributed by atoms with Gasteiger partial charge in [-0.05, 0) is 43.7 Å². The number of anilines is 1. The third kappa shape index (κ3) is 3.82. The van der Waals surface area contributed by atoms with E-state index in [1.807, 2.05) is 43.9 Å². The van der Waals surface area contributed by atoms with Gasteiger partial charge in [-0.2, -0.15) is 0 Å². The summed E-state index contributed by atoms with van der Waals surface area (Å²) < 4.78 is 5.05. The van der Waals surface area contributed by atoms with E-state index >= 15 is 0 Å².